The first kappa shape index (κ1) is 24.6. The van der Waals surface area contributed by atoms with Crippen LogP contribution in [0.15, 0.2) is 52.5 Å². The Balaban J connectivity index is 1.41. The molecule has 2 heterocycles. The molecular weight excluding hydrogens is 484 g/mol. The van der Waals surface area contributed by atoms with Crippen molar-refractivity contribution in [1.29, 1.82) is 5.26 Å². The number of rotatable bonds is 7. The minimum Gasteiger partial charge on any atom is -0.325 e. The van der Waals surface area contributed by atoms with E-state index in [1.165, 1.54) is 42.2 Å². The number of aryl methyl sites for hydroxylation is 3. The summed E-state index contributed by atoms with van der Waals surface area (Å²) >= 11 is 1.24. The number of amides is 1. The molecule has 1 amide bonds. The Kier molecular flexibility index (Phi) is 7.33. The first-order valence-corrected chi connectivity index (χ1v) is 13.4. The minimum absolute atomic E-state index is 0.0132. The van der Waals surface area contributed by atoms with E-state index in [9.17, 15) is 18.5 Å². The van der Waals surface area contributed by atoms with Crippen LogP contribution in [0.4, 0.5) is 11.6 Å². The van der Waals surface area contributed by atoms with Crippen LogP contribution in [0, 0.1) is 18.3 Å². The maximum Gasteiger partial charge on any atom is 0.264 e. The summed E-state index contributed by atoms with van der Waals surface area (Å²) in [4.78, 5) is 25.4. The zero-order chi connectivity index (χ0) is 25.0. The van der Waals surface area contributed by atoms with Crippen molar-refractivity contribution in [2.75, 3.05) is 10.0 Å². The molecule has 2 N–H and O–H groups in total. The van der Waals surface area contributed by atoms with E-state index in [0.29, 0.717) is 22.0 Å². The summed E-state index contributed by atoms with van der Waals surface area (Å²) in [6.07, 6.45) is 5.45. The SMILES string of the molecule is Cc1ccnc(NS(=O)(=O)c2ccc(NC(=O)C(C)Sc3nc4c(cc3C#N)CCCC4)cc2)n1. The molecule has 11 heteroatoms. The van der Waals surface area contributed by atoms with Gasteiger partial charge < -0.3 is 5.32 Å². The number of hydrogen-bond acceptors (Lipinski definition) is 8. The van der Waals surface area contributed by atoms with Crippen molar-refractivity contribution in [3.8, 4) is 6.07 Å². The van der Waals surface area contributed by atoms with E-state index >= 15 is 0 Å². The zero-order valence-corrected chi connectivity index (χ0v) is 20.9. The normalized spacial score (nSPS) is 13.9. The number of sulfonamides is 1. The number of anilines is 2. The molecule has 1 aliphatic rings. The van der Waals surface area contributed by atoms with Crippen LogP contribution in [0.5, 0.6) is 0 Å². The molecule has 35 heavy (non-hydrogen) atoms. The van der Waals surface area contributed by atoms with Crippen molar-refractivity contribution in [3.05, 3.63) is 65.1 Å². The average Bonchev–Trinajstić information content (AvgIpc) is 2.83. The number of thioether (sulfide) groups is 1. The summed E-state index contributed by atoms with van der Waals surface area (Å²) in [6.45, 7) is 3.48. The monoisotopic (exact) mass is 508 g/mol. The lowest BCUT2D eigenvalue weighted by Gasteiger charge is -2.18. The smallest absolute Gasteiger partial charge is 0.264 e. The van der Waals surface area contributed by atoms with Gasteiger partial charge in [-0.1, -0.05) is 11.8 Å². The molecule has 4 rings (SSSR count). The van der Waals surface area contributed by atoms with Gasteiger partial charge in [0.1, 0.15) is 11.1 Å². The summed E-state index contributed by atoms with van der Waals surface area (Å²) < 4.78 is 27.6. The fraction of sp³-hybridized carbons (Fsp3) is 0.292. The first-order chi connectivity index (χ1) is 16.7. The molecule has 1 atom stereocenters. The molecule has 2 aromatic heterocycles. The first-order valence-electron chi connectivity index (χ1n) is 11.1. The summed E-state index contributed by atoms with van der Waals surface area (Å²) in [5.41, 5.74) is 3.69. The number of hydrogen-bond donors (Lipinski definition) is 2. The number of benzene rings is 1. The number of carbonyl (C=O) groups excluding carboxylic acids is 1. The predicted octanol–water partition coefficient (Wildman–Crippen LogP) is 3.85. The highest BCUT2D eigenvalue weighted by molar-refractivity contribution is 8.00. The van der Waals surface area contributed by atoms with Crippen molar-refractivity contribution in [3.63, 3.8) is 0 Å². The van der Waals surface area contributed by atoms with Gasteiger partial charge in [0.05, 0.1) is 15.7 Å². The molecule has 9 nitrogen and oxygen atoms in total. The Morgan fingerprint density at radius 3 is 2.60 bits per heavy atom. The highest BCUT2D eigenvalue weighted by Crippen LogP contribution is 2.30. The fourth-order valence-electron chi connectivity index (χ4n) is 3.64. The van der Waals surface area contributed by atoms with Crippen LogP contribution in [0.25, 0.3) is 0 Å². The van der Waals surface area contributed by atoms with E-state index in [4.69, 9.17) is 0 Å². The predicted molar refractivity (Wildman–Crippen MR) is 134 cm³/mol. The molecular formula is C24H24N6O3S2. The second-order valence-corrected chi connectivity index (χ2v) is 11.2. The third kappa shape index (κ3) is 5.96. The van der Waals surface area contributed by atoms with Crippen molar-refractivity contribution < 1.29 is 13.2 Å². The molecule has 3 aromatic rings. The van der Waals surface area contributed by atoms with Crippen LogP contribution in [0.2, 0.25) is 0 Å². The standard InChI is InChI=1S/C24H24N6O3S2/c1-15-11-12-26-24(27-15)30-35(32,33)20-9-7-19(8-10-20)28-22(31)16(2)34-23-18(14-25)13-17-5-3-4-6-21(17)29-23/h7-13,16H,3-6H2,1-2H3,(H,28,31)(H,26,27,30). The summed E-state index contributed by atoms with van der Waals surface area (Å²) in [5, 5.41) is 12.4. The van der Waals surface area contributed by atoms with E-state index < -0.39 is 15.3 Å². The van der Waals surface area contributed by atoms with Crippen LogP contribution in [-0.4, -0.2) is 34.5 Å². The number of fused-ring (bicyclic) bond motifs is 1. The molecule has 0 radical (unpaired) electrons. The maximum atomic E-state index is 12.8. The van der Waals surface area contributed by atoms with Crippen LogP contribution in [0.3, 0.4) is 0 Å². The lowest BCUT2D eigenvalue weighted by atomic mass is 9.95. The summed E-state index contributed by atoms with van der Waals surface area (Å²) in [6, 6.07) is 11.6. The van der Waals surface area contributed by atoms with E-state index in [1.54, 1.807) is 19.9 Å². The molecule has 0 spiro atoms. The molecule has 1 aromatic carbocycles. The number of nitrogens with zero attached hydrogens (tertiary/aromatic N) is 4. The Morgan fingerprint density at radius 1 is 1.14 bits per heavy atom. The van der Waals surface area contributed by atoms with Gasteiger partial charge in [-0.3, -0.25) is 4.79 Å². The second kappa shape index (κ2) is 10.4. The van der Waals surface area contributed by atoms with E-state index in [0.717, 1.165) is 36.9 Å². The molecule has 180 valence electrons. The third-order valence-corrected chi connectivity index (χ3v) is 7.94. The highest BCUT2D eigenvalue weighted by Gasteiger charge is 2.21. The van der Waals surface area contributed by atoms with Gasteiger partial charge in [0.25, 0.3) is 10.0 Å². The second-order valence-electron chi connectivity index (χ2n) is 8.17. The van der Waals surface area contributed by atoms with Gasteiger partial charge in [0, 0.05) is 23.3 Å². The van der Waals surface area contributed by atoms with Gasteiger partial charge in [0.15, 0.2) is 0 Å². The number of nitriles is 1. The average molecular weight is 509 g/mol. The molecule has 1 aliphatic carbocycles. The van der Waals surface area contributed by atoms with Gasteiger partial charge >= 0.3 is 0 Å². The van der Waals surface area contributed by atoms with Crippen LogP contribution < -0.4 is 10.0 Å². The van der Waals surface area contributed by atoms with Gasteiger partial charge in [-0.15, -0.1) is 0 Å². The minimum atomic E-state index is -3.88. The molecule has 0 saturated heterocycles. The quantitative estimate of drug-likeness (QED) is 0.459. The van der Waals surface area contributed by atoms with Crippen LogP contribution in [-0.2, 0) is 27.7 Å². The maximum absolute atomic E-state index is 12.8. The molecule has 0 saturated carbocycles. The Labute approximate surface area is 208 Å². The largest absolute Gasteiger partial charge is 0.325 e. The Hall–Kier alpha value is -3.49. The summed E-state index contributed by atoms with van der Waals surface area (Å²) in [5.74, 6) is -0.291. The highest BCUT2D eigenvalue weighted by atomic mass is 32.2. The van der Waals surface area contributed by atoms with Crippen LogP contribution in [0.1, 0.15) is 42.3 Å². The third-order valence-electron chi connectivity index (χ3n) is 5.50. The molecule has 0 fully saturated rings. The number of pyridine rings is 1. The number of aromatic nitrogens is 3. The lowest BCUT2D eigenvalue weighted by Crippen LogP contribution is -2.23. The van der Waals surface area contributed by atoms with Crippen LogP contribution >= 0.6 is 11.8 Å². The number of carbonyl (C=O) groups is 1. The Bertz CT molecular complexity index is 1400. The van der Waals surface area contributed by atoms with Gasteiger partial charge in [-0.2, -0.15) is 5.26 Å². The topological polar surface area (TPSA) is 138 Å². The van der Waals surface area contributed by atoms with Gasteiger partial charge in [-0.05, 0) is 81.5 Å². The van der Waals surface area contributed by atoms with Gasteiger partial charge in [-0.25, -0.2) is 28.1 Å². The molecule has 0 aliphatic heterocycles. The fourth-order valence-corrected chi connectivity index (χ4v) is 5.49. The van der Waals surface area contributed by atoms with Crippen molar-refractivity contribution >= 4 is 39.3 Å². The van der Waals surface area contributed by atoms with Crippen molar-refractivity contribution in [1.82, 2.24) is 15.0 Å². The zero-order valence-electron chi connectivity index (χ0n) is 19.3. The van der Waals surface area contributed by atoms with E-state index in [2.05, 4.69) is 31.1 Å². The van der Waals surface area contributed by atoms with E-state index in [-0.39, 0.29) is 16.8 Å². The van der Waals surface area contributed by atoms with Crippen molar-refractivity contribution in [2.24, 2.45) is 0 Å². The summed E-state index contributed by atoms with van der Waals surface area (Å²) in [7, 11) is -3.88. The lowest BCUT2D eigenvalue weighted by molar-refractivity contribution is -0.115. The van der Waals surface area contributed by atoms with Gasteiger partial charge in [0.2, 0.25) is 11.9 Å². The molecule has 1 unspecified atom stereocenters. The van der Waals surface area contributed by atoms with E-state index in [1.807, 2.05) is 6.07 Å². The molecule has 0 bridgehead atoms. The van der Waals surface area contributed by atoms with Crippen molar-refractivity contribution in [2.45, 2.75) is 54.7 Å². The number of nitrogens with one attached hydrogen (secondary N) is 2. The Morgan fingerprint density at radius 2 is 1.89 bits per heavy atom.